The zero-order chi connectivity index (χ0) is 9.36. The standard InChI is InChI=1S/C13H14/c1-2-3-4-5-7-10-13-11-8-6-9-12-13/h2,4,6-12H,5H2,1H3. The second kappa shape index (κ2) is 6.05. The van der Waals surface area contributed by atoms with E-state index in [1.54, 1.807) is 0 Å². The smallest absolute Gasteiger partial charge is 0.00897 e. The van der Waals surface area contributed by atoms with Gasteiger partial charge in [-0.15, -0.1) is 5.73 Å². The Balaban J connectivity index is 2.46. The molecule has 1 aromatic rings. The Morgan fingerprint density at radius 1 is 1.23 bits per heavy atom. The lowest BCUT2D eigenvalue weighted by Crippen LogP contribution is -1.67. The molecule has 1 rings (SSSR count). The minimum atomic E-state index is 0.944. The summed E-state index contributed by atoms with van der Waals surface area (Å²) in [7, 11) is 0. The highest BCUT2D eigenvalue weighted by Gasteiger charge is 1.79. The molecule has 0 radical (unpaired) electrons. The Bertz CT molecular complexity index is 311. The van der Waals surface area contributed by atoms with E-state index in [-0.39, 0.29) is 0 Å². The summed E-state index contributed by atoms with van der Waals surface area (Å²) in [6.07, 6.45) is 9.12. The van der Waals surface area contributed by atoms with Gasteiger partial charge >= 0.3 is 0 Å². The van der Waals surface area contributed by atoms with E-state index >= 15 is 0 Å². The first-order valence-electron chi connectivity index (χ1n) is 4.50. The van der Waals surface area contributed by atoms with Gasteiger partial charge in [-0.1, -0.05) is 42.5 Å². The number of hydrogen-bond donors (Lipinski definition) is 0. The van der Waals surface area contributed by atoms with Gasteiger partial charge in [0.15, 0.2) is 0 Å². The van der Waals surface area contributed by atoms with Crippen LogP contribution >= 0.6 is 0 Å². The number of rotatable bonds is 3. The van der Waals surface area contributed by atoms with E-state index in [1.807, 2.05) is 37.3 Å². The molecule has 0 fully saturated rings. The van der Waals surface area contributed by atoms with Gasteiger partial charge < -0.3 is 0 Å². The molecule has 0 N–H and O–H groups in total. The number of benzene rings is 1. The van der Waals surface area contributed by atoms with Crippen molar-refractivity contribution in [3.63, 3.8) is 0 Å². The molecule has 0 amide bonds. The maximum atomic E-state index is 3.03. The highest BCUT2D eigenvalue weighted by atomic mass is 13.9. The number of allylic oxidation sites excluding steroid dienone is 2. The van der Waals surface area contributed by atoms with E-state index < -0.39 is 0 Å². The normalized spacial score (nSPS) is 9.62. The molecule has 0 aliphatic rings. The summed E-state index contributed by atoms with van der Waals surface area (Å²) in [5.74, 6) is 0. The summed E-state index contributed by atoms with van der Waals surface area (Å²) < 4.78 is 0. The first-order valence-corrected chi connectivity index (χ1v) is 4.50. The van der Waals surface area contributed by atoms with Crippen LogP contribution in [0.3, 0.4) is 0 Å². The van der Waals surface area contributed by atoms with Crippen molar-refractivity contribution in [2.24, 2.45) is 0 Å². The van der Waals surface area contributed by atoms with Crippen molar-refractivity contribution in [1.29, 1.82) is 0 Å². The molecule has 0 aliphatic carbocycles. The van der Waals surface area contributed by atoms with Crippen LogP contribution in [0.5, 0.6) is 0 Å². The van der Waals surface area contributed by atoms with Crippen LogP contribution in [0.2, 0.25) is 0 Å². The quantitative estimate of drug-likeness (QED) is 0.605. The third kappa shape index (κ3) is 4.15. The van der Waals surface area contributed by atoms with Gasteiger partial charge in [0, 0.05) is 0 Å². The van der Waals surface area contributed by atoms with Crippen molar-refractivity contribution in [3.05, 3.63) is 59.9 Å². The fraction of sp³-hybridized carbons (Fsp3) is 0.154. The van der Waals surface area contributed by atoms with Crippen LogP contribution in [0.1, 0.15) is 18.9 Å². The maximum Gasteiger partial charge on any atom is -0.00897 e. The molecule has 13 heavy (non-hydrogen) atoms. The zero-order valence-electron chi connectivity index (χ0n) is 7.90. The minimum Gasteiger partial charge on any atom is -0.130 e. The molecule has 0 heterocycles. The lowest BCUT2D eigenvalue weighted by atomic mass is 10.2. The van der Waals surface area contributed by atoms with Crippen LogP contribution in [0, 0.1) is 0 Å². The van der Waals surface area contributed by atoms with E-state index in [0.29, 0.717) is 0 Å². The summed E-state index contributed by atoms with van der Waals surface area (Å²) in [4.78, 5) is 0. The van der Waals surface area contributed by atoms with Gasteiger partial charge in [0.2, 0.25) is 0 Å². The summed E-state index contributed by atoms with van der Waals surface area (Å²) in [6.45, 7) is 1.97. The molecule has 66 valence electrons. The van der Waals surface area contributed by atoms with Crippen LogP contribution in [0.25, 0.3) is 6.08 Å². The molecule has 0 unspecified atom stereocenters. The van der Waals surface area contributed by atoms with Gasteiger partial charge in [-0.05, 0) is 31.1 Å². The van der Waals surface area contributed by atoms with E-state index in [4.69, 9.17) is 0 Å². The molecule has 0 bridgehead atoms. The Hall–Kier alpha value is -1.52. The van der Waals surface area contributed by atoms with Crippen molar-refractivity contribution < 1.29 is 0 Å². The van der Waals surface area contributed by atoms with Crippen molar-refractivity contribution in [1.82, 2.24) is 0 Å². The monoisotopic (exact) mass is 170 g/mol. The van der Waals surface area contributed by atoms with Crippen LogP contribution in [0.4, 0.5) is 0 Å². The third-order valence-electron chi connectivity index (χ3n) is 1.65. The first kappa shape index (κ1) is 9.57. The predicted molar refractivity (Wildman–Crippen MR) is 58.4 cm³/mol. The van der Waals surface area contributed by atoms with Crippen LogP contribution in [-0.4, -0.2) is 0 Å². The highest BCUT2D eigenvalue weighted by molar-refractivity contribution is 5.48. The molecular formula is C13H14. The molecule has 0 aliphatic heterocycles. The van der Waals surface area contributed by atoms with Crippen LogP contribution in [0.15, 0.2) is 54.3 Å². The molecule has 0 atom stereocenters. The highest BCUT2D eigenvalue weighted by Crippen LogP contribution is 2.01. The molecule has 0 nitrogen and oxygen atoms in total. The Morgan fingerprint density at radius 3 is 2.69 bits per heavy atom. The fourth-order valence-electron chi connectivity index (χ4n) is 1.02. The molecular weight excluding hydrogens is 156 g/mol. The third-order valence-corrected chi connectivity index (χ3v) is 1.65. The SMILES string of the molecule is CC=C=CCC=Cc1ccccc1. The molecule has 0 heteroatoms. The van der Waals surface area contributed by atoms with Crippen molar-refractivity contribution in [2.45, 2.75) is 13.3 Å². The fourth-order valence-corrected chi connectivity index (χ4v) is 1.02. The predicted octanol–water partition coefficient (Wildman–Crippen LogP) is 3.82. The van der Waals surface area contributed by atoms with E-state index in [1.165, 1.54) is 5.56 Å². The molecule has 0 spiro atoms. The lowest BCUT2D eigenvalue weighted by molar-refractivity contribution is 1.41. The Morgan fingerprint density at radius 2 is 2.00 bits per heavy atom. The van der Waals surface area contributed by atoms with Gasteiger partial charge in [-0.3, -0.25) is 0 Å². The van der Waals surface area contributed by atoms with E-state index in [2.05, 4.69) is 30.0 Å². The second-order valence-corrected chi connectivity index (χ2v) is 2.71. The van der Waals surface area contributed by atoms with Gasteiger partial charge in [0.1, 0.15) is 0 Å². The molecule has 1 aromatic carbocycles. The first-order chi connectivity index (χ1) is 6.43. The maximum absolute atomic E-state index is 3.03. The average molecular weight is 170 g/mol. The summed E-state index contributed by atoms with van der Waals surface area (Å²) in [6, 6.07) is 10.3. The van der Waals surface area contributed by atoms with Crippen molar-refractivity contribution in [2.75, 3.05) is 0 Å². The summed E-state index contributed by atoms with van der Waals surface area (Å²) in [5.41, 5.74) is 4.28. The summed E-state index contributed by atoms with van der Waals surface area (Å²) in [5, 5.41) is 0. The van der Waals surface area contributed by atoms with E-state index in [0.717, 1.165) is 6.42 Å². The molecule has 0 aromatic heterocycles. The van der Waals surface area contributed by atoms with Gasteiger partial charge in [0.25, 0.3) is 0 Å². The topological polar surface area (TPSA) is 0 Å². The zero-order valence-corrected chi connectivity index (χ0v) is 7.90. The lowest BCUT2D eigenvalue weighted by Gasteiger charge is -1.88. The molecule has 0 saturated carbocycles. The molecule has 0 saturated heterocycles. The van der Waals surface area contributed by atoms with Gasteiger partial charge in [0.05, 0.1) is 0 Å². The second-order valence-electron chi connectivity index (χ2n) is 2.71. The minimum absolute atomic E-state index is 0.944. The Kier molecular flexibility index (Phi) is 4.45. The summed E-state index contributed by atoms with van der Waals surface area (Å²) >= 11 is 0. The average Bonchev–Trinajstić information content (AvgIpc) is 2.19. The van der Waals surface area contributed by atoms with Crippen molar-refractivity contribution in [3.8, 4) is 0 Å². The van der Waals surface area contributed by atoms with Gasteiger partial charge in [-0.2, -0.15) is 0 Å². The van der Waals surface area contributed by atoms with E-state index in [9.17, 15) is 0 Å². The largest absolute Gasteiger partial charge is 0.130 e. The van der Waals surface area contributed by atoms with Gasteiger partial charge in [-0.25, -0.2) is 0 Å². The van der Waals surface area contributed by atoms with Crippen molar-refractivity contribution >= 4 is 6.08 Å². The number of hydrogen-bond acceptors (Lipinski definition) is 0. The van der Waals surface area contributed by atoms with Crippen LogP contribution in [-0.2, 0) is 0 Å². The Labute approximate surface area is 79.9 Å². The van der Waals surface area contributed by atoms with Crippen LogP contribution < -0.4 is 0 Å².